The molecule has 1 saturated heterocycles. The van der Waals surface area contributed by atoms with Gasteiger partial charge in [-0.05, 0) is 62.9 Å². The van der Waals surface area contributed by atoms with E-state index in [0.717, 1.165) is 36.3 Å². The molecule has 1 fully saturated rings. The minimum atomic E-state index is -0.628. The summed E-state index contributed by atoms with van der Waals surface area (Å²) in [4.78, 5) is 12.6. The maximum Gasteiger partial charge on any atom is 0.265 e. The second kappa shape index (κ2) is 8.91. The maximum absolute atomic E-state index is 12.6. The second-order valence-electron chi connectivity index (χ2n) is 6.96. The molecule has 1 aliphatic rings. The van der Waals surface area contributed by atoms with Crippen molar-refractivity contribution >= 4 is 11.6 Å². The number of aryl methyl sites for hydroxylation is 2. The van der Waals surface area contributed by atoms with Gasteiger partial charge in [-0.15, -0.1) is 0 Å². The van der Waals surface area contributed by atoms with Gasteiger partial charge in [0, 0.05) is 6.61 Å². The van der Waals surface area contributed by atoms with Crippen molar-refractivity contribution in [2.45, 2.75) is 45.8 Å². The molecule has 0 bridgehead atoms. The van der Waals surface area contributed by atoms with Crippen LogP contribution in [-0.4, -0.2) is 31.3 Å². The van der Waals surface area contributed by atoms with E-state index in [4.69, 9.17) is 14.2 Å². The van der Waals surface area contributed by atoms with Gasteiger partial charge >= 0.3 is 0 Å². The van der Waals surface area contributed by atoms with E-state index < -0.39 is 6.10 Å². The summed E-state index contributed by atoms with van der Waals surface area (Å²) >= 11 is 0. The van der Waals surface area contributed by atoms with E-state index in [2.05, 4.69) is 5.32 Å². The van der Waals surface area contributed by atoms with Gasteiger partial charge in [-0.25, -0.2) is 0 Å². The zero-order valence-corrected chi connectivity index (χ0v) is 16.2. The Morgan fingerprint density at radius 2 is 2.04 bits per heavy atom. The Morgan fingerprint density at radius 3 is 2.81 bits per heavy atom. The third kappa shape index (κ3) is 5.23. The molecule has 3 rings (SSSR count). The summed E-state index contributed by atoms with van der Waals surface area (Å²) in [7, 11) is 0. The smallest absolute Gasteiger partial charge is 0.265 e. The Hall–Kier alpha value is -2.53. The van der Waals surface area contributed by atoms with Gasteiger partial charge in [0.05, 0.1) is 11.8 Å². The van der Waals surface area contributed by atoms with Crippen LogP contribution in [0.4, 0.5) is 5.69 Å². The largest absolute Gasteiger partial charge is 0.489 e. The number of hydrogen-bond donors (Lipinski definition) is 1. The SMILES string of the molecule is Cc1ccc(C)c(O[C@@H](C)C(=O)Nc2ccccc2OC[C@H]2CCCO2)c1. The molecule has 2 aromatic rings. The molecule has 0 aliphatic carbocycles. The lowest BCUT2D eigenvalue weighted by Gasteiger charge is -2.19. The first-order chi connectivity index (χ1) is 13.0. The molecule has 2 atom stereocenters. The van der Waals surface area contributed by atoms with Gasteiger partial charge in [0.1, 0.15) is 18.1 Å². The molecule has 0 spiro atoms. The lowest BCUT2D eigenvalue weighted by molar-refractivity contribution is -0.122. The van der Waals surface area contributed by atoms with Crippen LogP contribution in [0, 0.1) is 13.8 Å². The first-order valence-electron chi connectivity index (χ1n) is 9.41. The van der Waals surface area contributed by atoms with Crippen LogP contribution in [0.1, 0.15) is 30.9 Å². The van der Waals surface area contributed by atoms with E-state index in [9.17, 15) is 4.79 Å². The highest BCUT2D eigenvalue weighted by Gasteiger charge is 2.19. The van der Waals surface area contributed by atoms with Crippen molar-refractivity contribution in [1.29, 1.82) is 0 Å². The highest BCUT2D eigenvalue weighted by atomic mass is 16.5. The van der Waals surface area contributed by atoms with Crippen LogP contribution in [0.3, 0.4) is 0 Å². The normalized spacial score (nSPS) is 17.4. The molecular weight excluding hydrogens is 342 g/mol. The van der Waals surface area contributed by atoms with Gasteiger partial charge < -0.3 is 19.5 Å². The maximum atomic E-state index is 12.6. The summed E-state index contributed by atoms with van der Waals surface area (Å²) in [5.41, 5.74) is 2.73. The van der Waals surface area contributed by atoms with Crippen LogP contribution in [-0.2, 0) is 9.53 Å². The number of benzene rings is 2. The van der Waals surface area contributed by atoms with Crippen molar-refractivity contribution in [2.75, 3.05) is 18.5 Å². The third-order valence-corrected chi connectivity index (χ3v) is 4.61. The van der Waals surface area contributed by atoms with Crippen molar-refractivity contribution in [2.24, 2.45) is 0 Å². The molecule has 0 radical (unpaired) electrons. The van der Waals surface area contributed by atoms with Crippen molar-refractivity contribution in [1.82, 2.24) is 0 Å². The Kier molecular flexibility index (Phi) is 6.35. The van der Waals surface area contributed by atoms with E-state index >= 15 is 0 Å². The van der Waals surface area contributed by atoms with E-state index in [1.807, 2.05) is 56.3 Å². The van der Waals surface area contributed by atoms with Crippen LogP contribution < -0.4 is 14.8 Å². The van der Waals surface area contributed by atoms with Gasteiger partial charge in [0.25, 0.3) is 5.91 Å². The summed E-state index contributed by atoms with van der Waals surface area (Å²) in [5.74, 6) is 1.14. The summed E-state index contributed by atoms with van der Waals surface area (Å²) in [6.45, 7) is 6.99. The summed E-state index contributed by atoms with van der Waals surface area (Å²) in [5, 5.41) is 2.91. The molecule has 27 heavy (non-hydrogen) atoms. The number of para-hydroxylation sites is 2. The number of ether oxygens (including phenoxy) is 3. The van der Waals surface area contributed by atoms with Gasteiger partial charge in [-0.3, -0.25) is 4.79 Å². The molecule has 0 saturated carbocycles. The number of anilines is 1. The lowest BCUT2D eigenvalue weighted by atomic mass is 10.1. The summed E-state index contributed by atoms with van der Waals surface area (Å²) in [6, 6.07) is 13.4. The monoisotopic (exact) mass is 369 g/mol. The average molecular weight is 369 g/mol. The molecule has 1 heterocycles. The second-order valence-corrected chi connectivity index (χ2v) is 6.96. The highest BCUT2D eigenvalue weighted by molar-refractivity contribution is 5.95. The van der Waals surface area contributed by atoms with E-state index in [-0.39, 0.29) is 12.0 Å². The molecule has 0 aromatic heterocycles. The Labute approximate surface area is 160 Å². The molecule has 144 valence electrons. The molecule has 1 amide bonds. The van der Waals surface area contributed by atoms with Crippen molar-refractivity contribution < 1.29 is 19.0 Å². The van der Waals surface area contributed by atoms with Gasteiger partial charge in [0.2, 0.25) is 0 Å². The van der Waals surface area contributed by atoms with Gasteiger partial charge in [-0.1, -0.05) is 24.3 Å². The lowest BCUT2D eigenvalue weighted by Crippen LogP contribution is -2.30. The standard InChI is InChI=1S/C22H27NO4/c1-15-10-11-16(2)21(13-15)27-17(3)22(24)23-19-8-4-5-9-20(19)26-14-18-7-6-12-25-18/h4-5,8-11,13,17-18H,6-7,12,14H2,1-3H3,(H,23,24)/t17-,18+/m0/s1. The van der Waals surface area contributed by atoms with Crippen LogP contribution >= 0.6 is 0 Å². The van der Waals surface area contributed by atoms with Crippen molar-refractivity contribution in [3.63, 3.8) is 0 Å². The number of carbonyl (C=O) groups excluding carboxylic acids is 1. The zero-order chi connectivity index (χ0) is 19.2. The fraction of sp³-hybridized carbons (Fsp3) is 0.409. The molecule has 2 aromatic carbocycles. The highest BCUT2D eigenvalue weighted by Crippen LogP contribution is 2.26. The minimum Gasteiger partial charge on any atom is -0.489 e. The number of amides is 1. The number of rotatable bonds is 7. The van der Waals surface area contributed by atoms with E-state index in [1.165, 1.54) is 0 Å². The molecule has 1 aliphatic heterocycles. The van der Waals surface area contributed by atoms with Crippen LogP contribution in [0.5, 0.6) is 11.5 Å². The van der Waals surface area contributed by atoms with Crippen LogP contribution in [0.15, 0.2) is 42.5 Å². The summed E-state index contributed by atoms with van der Waals surface area (Å²) in [6.07, 6.45) is 1.58. The van der Waals surface area contributed by atoms with Crippen LogP contribution in [0.2, 0.25) is 0 Å². The Balaban J connectivity index is 1.62. The molecular formula is C22H27NO4. The zero-order valence-electron chi connectivity index (χ0n) is 16.2. The molecule has 5 nitrogen and oxygen atoms in total. The van der Waals surface area contributed by atoms with Crippen molar-refractivity contribution in [3.05, 3.63) is 53.6 Å². The predicted octanol–water partition coefficient (Wildman–Crippen LogP) is 4.27. The van der Waals surface area contributed by atoms with E-state index in [1.54, 1.807) is 6.92 Å². The first-order valence-corrected chi connectivity index (χ1v) is 9.41. The fourth-order valence-electron chi connectivity index (χ4n) is 2.97. The first kappa shape index (κ1) is 19.2. The average Bonchev–Trinajstić information content (AvgIpc) is 3.17. The van der Waals surface area contributed by atoms with Crippen molar-refractivity contribution in [3.8, 4) is 11.5 Å². The number of nitrogens with one attached hydrogen (secondary N) is 1. The van der Waals surface area contributed by atoms with Gasteiger partial charge in [-0.2, -0.15) is 0 Å². The number of hydrogen-bond acceptors (Lipinski definition) is 4. The quantitative estimate of drug-likeness (QED) is 0.792. The van der Waals surface area contributed by atoms with Gasteiger partial charge in [0.15, 0.2) is 6.10 Å². The predicted molar refractivity (Wildman–Crippen MR) is 106 cm³/mol. The van der Waals surface area contributed by atoms with Crippen LogP contribution in [0.25, 0.3) is 0 Å². The fourth-order valence-corrected chi connectivity index (χ4v) is 2.97. The summed E-state index contributed by atoms with van der Waals surface area (Å²) < 4.78 is 17.3. The molecule has 1 N–H and O–H groups in total. The molecule has 0 unspecified atom stereocenters. The number of carbonyl (C=O) groups is 1. The third-order valence-electron chi connectivity index (χ3n) is 4.61. The van der Waals surface area contributed by atoms with E-state index in [0.29, 0.717) is 18.0 Å². The topological polar surface area (TPSA) is 56.8 Å². The minimum absolute atomic E-state index is 0.125. The Morgan fingerprint density at radius 1 is 1.22 bits per heavy atom. The molecule has 5 heteroatoms. The Bertz CT molecular complexity index is 784.